The van der Waals surface area contributed by atoms with Gasteiger partial charge in [-0.15, -0.1) is 0 Å². The molecule has 0 atom stereocenters. The fraction of sp³-hybridized carbons (Fsp3) is 0.650. The predicted octanol–water partition coefficient (Wildman–Crippen LogP) is 3.45. The van der Waals surface area contributed by atoms with Crippen LogP contribution in [0.5, 0.6) is 0 Å². The second-order valence-electron chi connectivity index (χ2n) is 7.61. The van der Waals surface area contributed by atoms with Crippen LogP contribution < -0.4 is 5.69 Å². The van der Waals surface area contributed by atoms with Crippen molar-refractivity contribution in [3.63, 3.8) is 0 Å². The van der Waals surface area contributed by atoms with E-state index in [1.807, 2.05) is 0 Å². The van der Waals surface area contributed by atoms with Crippen molar-refractivity contribution in [1.29, 1.82) is 0 Å². The first-order valence-corrected chi connectivity index (χ1v) is 9.91. The van der Waals surface area contributed by atoms with E-state index < -0.39 is 0 Å². The maximum atomic E-state index is 13.6. The summed E-state index contributed by atoms with van der Waals surface area (Å²) in [6, 6.07) is 5.30. The molecule has 2 fully saturated rings. The Morgan fingerprint density at radius 1 is 1.12 bits per heavy atom. The van der Waals surface area contributed by atoms with E-state index in [1.165, 1.54) is 25.0 Å². The molecule has 142 valence electrons. The quantitative estimate of drug-likeness (QED) is 0.907. The van der Waals surface area contributed by atoms with Gasteiger partial charge in [0.25, 0.3) is 0 Å². The SMILES string of the molecule is CCO[C@H]1CC[C@H](N2CCC(n3c(=O)[nH]c4ccc(F)cc43)CC2)CC1. The molecule has 2 heterocycles. The lowest BCUT2D eigenvalue weighted by molar-refractivity contribution is 0.00796. The monoisotopic (exact) mass is 361 g/mol. The van der Waals surface area contributed by atoms with Crippen LogP contribution in [0.15, 0.2) is 23.0 Å². The Labute approximate surface area is 153 Å². The first-order chi connectivity index (χ1) is 12.7. The van der Waals surface area contributed by atoms with E-state index in [4.69, 9.17) is 4.74 Å². The Morgan fingerprint density at radius 2 is 1.85 bits per heavy atom. The maximum Gasteiger partial charge on any atom is 0.326 e. The van der Waals surface area contributed by atoms with Gasteiger partial charge in [-0.25, -0.2) is 9.18 Å². The smallest absolute Gasteiger partial charge is 0.326 e. The van der Waals surface area contributed by atoms with Crippen molar-refractivity contribution < 1.29 is 9.13 Å². The molecular weight excluding hydrogens is 333 g/mol. The van der Waals surface area contributed by atoms with Crippen LogP contribution in [-0.2, 0) is 4.74 Å². The molecule has 1 saturated carbocycles. The number of nitrogens with zero attached hydrogens (tertiary/aromatic N) is 2. The molecule has 1 N–H and O–H groups in total. The number of hydrogen-bond donors (Lipinski definition) is 1. The highest BCUT2D eigenvalue weighted by Crippen LogP contribution is 2.31. The highest BCUT2D eigenvalue weighted by molar-refractivity contribution is 5.75. The van der Waals surface area contributed by atoms with E-state index in [-0.39, 0.29) is 17.5 Å². The number of nitrogens with one attached hydrogen (secondary N) is 1. The number of H-pyrrole nitrogens is 1. The van der Waals surface area contributed by atoms with Gasteiger partial charge in [-0.2, -0.15) is 0 Å². The largest absolute Gasteiger partial charge is 0.379 e. The van der Waals surface area contributed by atoms with Crippen LogP contribution in [0.1, 0.15) is 51.5 Å². The molecule has 1 aliphatic heterocycles. The number of ether oxygens (including phenoxy) is 1. The van der Waals surface area contributed by atoms with E-state index in [1.54, 1.807) is 10.6 Å². The van der Waals surface area contributed by atoms with Crippen molar-refractivity contribution in [2.45, 2.75) is 63.6 Å². The Balaban J connectivity index is 1.41. The fourth-order valence-electron chi connectivity index (χ4n) is 4.78. The molecule has 1 saturated heterocycles. The van der Waals surface area contributed by atoms with Gasteiger partial charge in [0.1, 0.15) is 5.82 Å². The van der Waals surface area contributed by atoms with Gasteiger partial charge in [0, 0.05) is 31.8 Å². The van der Waals surface area contributed by atoms with Crippen LogP contribution in [0.2, 0.25) is 0 Å². The highest BCUT2D eigenvalue weighted by atomic mass is 19.1. The Morgan fingerprint density at radius 3 is 2.54 bits per heavy atom. The number of halogens is 1. The van der Waals surface area contributed by atoms with E-state index >= 15 is 0 Å². The van der Waals surface area contributed by atoms with E-state index in [0.29, 0.717) is 23.2 Å². The standard InChI is InChI=1S/C20H28FN3O2/c1-2-26-17-6-4-15(5-7-17)23-11-9-16(10-12-23)24-19-13-14(21)3-8-18(19)22-20(24)25/h3,8,13,15-17H,2,4-7,9-12H2,1H3,(H,22,25)/t15-,17-. The maximum absolute atomic E-state index is 13.6. The molecule has 4 rings (SSSR count). The topological polar surface area (TPSA) is 50.3 Å². The number of aromatic amines is 1. The molecule has 0 unspecified atom stereocenters. The van der Waals surface area contributed by atoms with Crippen LogP contribution in [0, 0.1) is 5.82 Å². The first-order valence-electron chi connectivity index (χ1n) is 9.91. The summed E-state index contributed by atoms with van der Waals surface area (Å²) in [5, 5.41) is 0. The van der Waals surface area contributed by atoms with Crippen LogP contribution in [0.4, 0.5) is 4.39 Å². The number of aromatic nitrogens is 2. The lowest BCUT2D eigenvalue weighted by atomic mass is 9.90. The minimum absolute atomic E-state index is 0.124. The third-order valence-electron chi connectivity index (χ3n) is 6.11. The van der Waals surface area contributed by atoms with E-state index in [2.05, 4.69) is 16.8 Å². The van der Waals surface area contributed by atoms with Gasteiger partial charge in [-0.3, -0.25) is 4.57 Å². The van der Waals surface area contributed by atoms with E-state index in [9.17, 15) is 9.18 Å². The van der Waals surface area contributed by atoms with Gasteiger partial charge in [0.2, 0.25) is 0 Å². The summed E-state index contributed by atoms with van der Waals surface area (Å²) in [5.41, 5.74) is 1.28. The van der Waals surface area contributed by atoms with Crippen molar-refractivity contribution in [3.8, 4) is 0 Å². The third kappa shape index (κ3) is 3.45. The van der Waals surface area contributed by atoms with Crippen LogP contribution >= 0.6 is 0 Å². The van der Waals surface area contributed by atoms with Gasteiger partial charge in [0.15, 0.2) is 0 Å². The highest BCUT2D eigenvalue weighted by Gasteiger charge is 2.30. The van der Waals surface area contributed by atoms with Gasteiger partial charge in [-0.05, 0) is 63.6 Å². The summed E-state index contributed by atoms with van der Waals surface area (Å²) in [7, 11) is 0. The molecule has 0 amide bonds. The Hall–Kier alpha value is -1.66. The molecule has 26 heavy (non-hydrogen) atoms. The lowest BCUT2D eigenvalue weighted by Crippen LogP contribution is -2.45. The summed E-state index contributed by atoms with van der Waals surface area (Å²) in [6.07, 6.45) is 7.03. The molecular formula is C20H28FN3O2. The van der Waals surface area contributed by atoms with Crippen molar-refractivity contribution in [2.24, 2.45) is 0 Å². The second-order valence-corrected chi connectivity index (χ2v) is 7.61. The molecule has 5 nitrogen and oxygen atoms in total. The second kappa shape index (κ2) is 7.53. The predicted molar refractivity (Wildman–Crippen MR) is 100 cm³/mol. The van der Waals surface area contributed by atoms with Gasteiger partial charge in [0.05, 0.1) is 17.1 Å². The summed E-state index contributed by atoms with van der Waals surface area (Å²) in [5.74, 6) is -0.297. The van der Waals surface area contributed by atoms with Crippen LogP contribution in [-0.4, -0.2) is 46.3 Å². The van der Waals surface area contributed by atoms with Crippen molar-refractivity contribution in [2.75, 3.05) is 19.7 Å². The number of piperidine rings is 1. The summed E-state index contributed by atoms with van der Waals surface area (Å²) >= 11 is 0. The third-order valence-corrected chi connectivity index (χ3v) is 6.11. The van der Waals surface area contributed by atoms with E-state index in [0.717, 1.165) is 45.4 Å². The van der Waals surface area contributed by atoms with Gasteiger partial charge >= 0.3 is 5.69 Å². The minimum atomic E-state index is -0.297. The number of rotatable bonds is 4. The summed E-state index contributed by atoms with van der Waals surface area (Å²) in [6.45, 7) is 4.88. The molecule has 1 aromatic heterocycles. The first kappa shape index (κ1) is 17.7. The Bertz CT molecular complexity index is 799. The number of likely N-dealkylation sites (tertiary alicyclic amines) is 1. The molecule has 6 heteroatoms. The average Bonchev–Trinajstić information content (AvgIpc) is 2.98. The van der Waals surface area contributed by atoms with Gasteiger partial charge in [-0.1, -0.05) is 0 Å². The molecule has 0 spiro atoms. The summed E-state index contributed by atoms with van der Waals surface area (Å²) < 4.78 is 21.2. The molecule has 2 aromatic rings. The zero-order valence-corrected chi connectivity index (χ0v) is 15.4. The number of fused-ring (bicyclic) bond motifs is 1. The number of benzene rings is 1. The molecule has 0 radical (unpaired) electrons. The molecule has 2 aliphatic rings. The van der Waals surface area contributed by atoms with Crippen molar-refractivity contribution in [3.05, 3.63) is 34.5 Å². The number of imidazole rings is 1. The zero-order valence-electron chi connectivity index (χ0n) is 15.4. The van der Waals surface area contributed by atoms with Gasteiger partial charge < -0.3 is 14.6 Å². The normalized spacial score (nSPS) is 25.8. The van der Waals surface area contributed by atoms with Crippen molar-refractivity contribution >= 4 is 11.0 Å². The minimum Gasteiger partial charge on any atom is -0.379 e. The fourth-order valence-corrected chi connectivity index (χ4v) is 4.78. The van der Waals surface area contributed by atoms with Crippen molar-refractivity contribution in [1.82, 2.24) is 14.5 Å². The zero-order chi connectivity index (χ0) is 18.1. The lowest BCUT2D eigenvalue weighted by Gasteiger charge is -2.40. The molecule has 1 aromatic carbocycles. The van der Waals surface area contributed by atoms with Crippen LogP contribution in [0.25, 0.3) is 11.0 Å². The average molecular weight is 361 g/mol. The van der Waals surface area contributed by atoms with Crippen LogP contribution in [0.3, 0.4) is 0 Å². The Kier molecular flexibility index (Phi) is 5.14. The number of hydrogen-bond acceptors (Lipinski definition) is 3. The molecule has 1 aliphatic carbocycles. The molecule has 0 bridgehead atoms. The summed E-state index contributed by atoms with van der Waals surface area (Å²) in [4.78, 5) is 17.8.